The summed E-state index contributed by atoms with van der Waals surface area (Å²) in [7, 11) is 0. The maximum atomic E-state index is 13.9. The van der Waals surface area contributed by atoms with Crippen molar-refractivity contribution in [3.8, 4) is 0 Å². The quantitative estimate of drug-likeness (QED) is 0.339. The summed E-state index contributed by atoms with van der Waals surface area (Å²) in [6.45, 7) is 10.2. The molecule has 2 N–H and O–H groups in total. The Labute approximate surface area is 252 Å². The fourth-order valence-corrected chi connectivity index (χ4v) is 7.37. The third-order valence-corrected chi connectivity index (χ3v) is 9.32. The number of likely N-dealkylation sites (tertiary alicyclic amines) is 1. The molecule has 0 saturated carbocycles. The second-order valence-electron chi connectivity index (χ2n) is 13.5. The molecule has 43 heavy (non-hydrogen) atoms. The highest BCUT2D eigenvalue weighted by Crippen LogP contribution is 2.41. The fraction of sp³-hybridized carbons (Fsp3) is 0.559. The number of hydrogen-bond acceptors (Lipinski definition) is 4. The summed E-state index contributed by atoms with van der Waals surface area (Å²) in [6.07, 6.45) is 6.04. The van der Waals surface area contributed by atoms with Crippen molar-refractivity contribution in [1.82, 2.24) is 14.8 Å². The predicted molar refractivity (Wildman–Crippen MR) is 165 cm³/mol. The van der Waals surface area contributed by atoms with Crippen molar-refractivity contribution in [2.24, 2.45) is 5.41 Å². The van der Waals surface area contributed by atoms with E-state index in [4.69, 9.17) is 5.11 Å². The molecule has 9 heteroatoms. The van der Waals surface area contributed by atoms with Crippen LogP contribution in [0.25, 0.3) is 10.9 Å². The van der Waals surface area contributed by atoms with E-state index < -0.39 is 23.3 Å². The summed E-state index contributed by atoms with van der Waals surface area (Å²) < 4.78 is 40.7. The van der Waals surface area contributed by atoms with Crippen molar-refractivity contribution in [3.05, 3.63) is 65.4 Å². The minimum atomic E-state index is -1.14. The fourth-order valence-electron chi connectivity index (χ4n) is 7.37. The van der Waals surface area contributed by atoms with Gasteiger partial charge >= 0.3 is 5.97 Å². The van der Waals surface area contributed by atoms with E-state index in [9.17, 15) is 18.0 Å². The Hall–Kier alpha value is -3.04. The molecule has 3 aromatic rings. The van der Waals surface area contributed by atoms with E-state index in [1.54, 1.807) is 13.8 Å². The van der Waals surface area contributed by atoms with E-state index in [0.29, 0.717) is 18.3 Å². The van der Waals surface area contributed by atoms with Crippen molar-refractivity contribution in [2.45, 2.75) is 77.6 Å². The number of para-hydroxylation sites is 1. The molecule has 0 radical (unpaired) electrons. The molecular formula is C34H45F3N4O2. The number of aromatic amines is 1. The Bertz CT molecular complexity index is 1390. The largest absolute Gasteiger partial charge is 0.480 e. The number of H-pyrrole nitrogens is 1. The number of hydrogen-bond donors (Lipinski definition) is 2. The van der Waals surface area contributed by atoms with E-state index in [0.717, 1.165) is 77.3 Å². The van der Waals surface area contributed by atoms with Crippen LogP contribution in [0, 0.1) is 17.0 Å². The summed E-state index contributed by atoms with van der Waals surface area (Å²) in [5, 5.41) is 10.3. The average molecular weight is 599 g/mol. The first kappa shape index (κ1) is 31.4. The molecule has 2 fully saturated rings. The van der Waals surface area contributed by atoms with Crippen LogP contribution in [0.3, 0.4) is 0 Å². The summed E-state index contributed by atoms with van der Waals surface area (Å²) in [5.74, 6) is -1.84. The second-order valence-corrected chi connectivity index (χ2v) is 13.5. The highest BCUT2D eigenvalue weighted by molar-refractivity contribution is 5.84. The summed E-state index contributed by atoms with van der Waals surface area (Å²) >= 11 is 0. The number of halogens is 3. The van der Waals surface area contributed by atoms with Crippen molar-refractivity contribution in [2.75, 3.05) is 44.2 Å². The molecule has 2 aromatic carbocycles. The number of benzene rings is 2. The molecule has 6 nitrogen and oxygen atoms in total. The molecule has 1 atom stereocenters. The van der Waals surface area contributed by atoms with Crippen LogP contribution in [0.5, 0.6) is 0 Å². The molecule has 0 amide bonds. The van der Waals surface area contributed by atoms with Gasteiger partial charge in [-0.2, -0.15) is 0 Å². The molecule has 1 spiro atoms. The lowest BCUT2D eigenvalue weighted by atomic mass is 9.77. The van der Waals surface area contributed by atoms with Crippen molar-refractivity contribution < 1.29 is 23.1 Å². The van der Waals surface area contributed by atoms with E-state index in [1.165, 1.54) is 34.3 Å². The van der Waals surface area contributed by atoms with Gasteiger partial charge in [0.1, 0.15) is 17.3 Å². The first-order chi connectivity index (χ1) is 20.4. The van der Waals surface area contributed by atoms with Gasteiger partial charge in [-0.1, -0.05) is 18.2 Å². The van der Waals surface area contributed by atoms with Gasteiger partial charge in [0.05, 0.1) is 6.54 Å². The zero-order valence-electron chi connectivity index (χ0n) is 25.6. The van der Waals surface area contributed by atoms with E-state index in [1.807, 2.05) is 4.90 Å². The number of alkyl halides is 1. The highest BCUT2D eigenvalue weighted by atomic mass is 19.1. The standard InChI is InChI=1S/C18H24F2N2O2.C16H21FN2/c19-14-9-15(20)11-16(10-14)22-6-1-3-18(4-2-7-22)5-8-21(13-18)12-17(23)24;1-11-8-13-12-6-4-5-7-14(12)18-15(13)9-19(11)10-16(2,3)17/h9-11H,1-8,12-13H2,(H,23,24);4-7,11,18H,8-10H2,1-3H3. The van der Waals surface area contributed by atoms with Gasteiger partial charge in [0, 0.05) is 67.1 Å². The third-order valence-electron chi connectivity index (χ3n) is 9.32. The lowest BCUT2D eigenvalue weighted by molar-refractivity contribution is -0.138. The summed E-state index contributed by atoms with van der Waals surface area (Å²) in [6, 6.07) is 12.5. The molecule has 3 aliphatic rings. The van der Waals surface area contributed by atoms with Gasteiger partial charge in [0.25, 0.3) is 0 Å². The van der Waals surface area contributed by atoms with Crippen molar-refractivity contribution >= 4 is 22.6 Å². The molecule has 234 valence electrons. The number of aromatic nitrogens is 1. The first-order valence-electron chi connectivity index (χ1n) is 15.6. The number of carboxylic acids is 1. The molecule has 2 saturated heterocycles. The second kappa shape index (κ2) is 12.9. The third kappa shape index (κ3) is 7.92. The van der Waals surface area contributed by atoms with Gasteiger partial charge in [-0.25, -0.2) is 13.2 Å². The number of fused-ring (bicyclic) bond motifs is 3. The van der Waals surface area contributed by atoms with E-state index in [2.05, 4.69) is 46.0 Å². The zero-order valence-corrected chi connectivity index (χ0v) is 25.6. The van der Waals surface area contributed by atoms with Crippen LogP contribution in [0.1, 0.15) is 64.1 Å². The summed E-state index contributed by atoms with van der Waals surface area (Å²) in [4.78, 5) is 20.7. The Morgan fingerprint density at radius 1 is 1.05 bits per heavy atom. The normalized spacial score (nSPS) is 21.3. The average Bonchev–Trinajstić information content (AvgIpc) is 3.46. The Kier molecular flexibility index (Phi) is 9.42. The van der Waals surface area contributed by atoms with E-state index in [-0.39, 0.29) is 12.0 Å². The topological polar surface area (TPSA) is 62.8 Å². The van der Waals surface area contributed by atoms with Crippen molar-refractivity contribution in [1.29, 1.82) is 0 Å². The molecular weight excluding hydrogens is 553 g/mol. The van der Waals surface area contributed by atoms with Gasteiger partial charge < -0.3 is 15.0 Å². The number of aliphatic carboxylic acids is 1. The molecule has 3 aliphatic heterocycles. The predicted octanol–water partition coefficient (Wildman–Crippen LogP) is 6.78. The minimum absolute atomic E-state index is 0.121. The molecule has 1 unspecified atom stereocenters. The molecule has 4 heterocycles. The van der Waals surface area contributed by atoms with Crippen LogP contribution in [-0.4, -0.2) is 76.8 Å². The van der Waals surface area contributed by atoms with Gasteiger partial charge in [-0.05, 0) is 95.0 Å². The lowest BCUT2D eigenvalue weighted by Gasteiger charge is -2.36. The van der Waals surface area contributed by atoms with Crippen LogP contribution in [0.4, 0.5) is 18.9 Å². The van der Waals surface area contributed by atoms with Crippen molar-refractivity contribution in [3.63, 3.8) is 0 Å². The molecule has 1 aromatic heterocycles. The minimum Gasteiger partial charge on any atom is -0.480 e. The van der Waals surface area contributed by atoms with Crippen LogP contribution in [-0.2, 0) is 17.8 Å². The number of anilines is 1. The zero-order chi connectivity index (χ0) is 30.8. The number of carbonyl (C=O) groups is 1. The Balaban J connectivity index is 0.000000176. The maximum Gasteiger partial charge on any atom is 0.317 e. The SMILES string of the molecule is CC1Cc2c([nH]c3ccccc23)CN1CC(C)(C)F.O=C(O)CN1CCC2(CCCN(c3cc(F)cc(F)c3)CCC2)C1. The van der Waals surface area contributed by atoms with Gasteiger partial charge in [0.15, 0.2) is 0 Å². The number of rotatable bonds is 5. The number of nitrogens with one attached hydrogen (secondary N) is 1. The smallest absolute Gasteiger partial charge is 0.317 e. The monoisotopic (exact) mass is 598 g/mol. The Morgan fingerprint density at radius 2 is 1.72 bits per heavy atom. The summed E-state index contributed by atoms with van der Waals surface area (Å²) in [5.41, 5.74) is 3.55. The van der Waals surface area contributed by atoms with Crippen LogP contribution >= 0.6 is 0 Å². The molecule has 0 aliphatic carbocycles. The van der Waals surface area contributed by atoms with Gasteiger partial charge in [-0.3, -0.25) is 14.6 Å². The maximum absolute atomic E-state index is 13.9. The lowest BCUT2D eigenvalue weighted by Crippen LogP contribution is -2.44. The van der Waals surface area contributed by atoms with Gasteiger partial charge in [-0.15, -0.1) is 0 Å². The Morgan fingerprint density at radius 3 is 2.37 bits per heavy atom. The number of nitrogens with zero attached hydrogens (tertiary/aromatic N) is 3. The van der Waals surface area contributed by atoms with Crippen LogP contribution in [0.15, 0.2) is 42.5 Å². The van der Waals surface area contributed by atoms with Crippen LogP contribution < -0.4 is 4.90 Å². The molecule has 6 rings (SSSR count). The highest BCUT2D eigenvalue weighted by Gasteiger charge is 2.38. The molecule has 0 bridgehead atoms. The van der Waals surface area contributed by atoms with Gasteiger partial charge in [0.2, 0.25) is 0 Å². The van der Waals surface area contributed by atoms with Crippen LogP contribution in [0.2, 0.25) is 0 Å². The number of carboxylic acid groups (broad SMARTS) is 1. The first-order valence-corrected chi connectivity index (χ1v) is 15.6. The van der Waals surface area contributed by atoms with E-state index >= 15 is 0 Å².